The van der Waals surface area contributed by atoms with E-state index in [1.54, 1.807) is 26.0 Å². The minimum absolute atomic E-state index is 0.0143. The number of Topliss-reactive ketones (excluding diaryl/α,β-unsaturated/α-hetero) is 2. The number of carbonyl (C=O) groups excluding carboxylic acids is 3. The molecule has 0 aliphatic heterocycles. The van der Waals surface area contributed by atoms with Crippen molar-refractivity contribution in [2.45, 2.75) is 58.9 Å². The molecule has 1 aliphatic carbocycles. The number of benzene rings is 1. The van der Waals surface area contributed by atoms with E-state index in [0.717, 1.165) is 12.3 Å². The largest absolute Gasteiger partial charge is 0.351 e. The number of hydrogen-bond donors (Lipinski definition) is 1. The number of carbonyl (C=O) groups is 3. The van der Waals surface area contributed by atoms with E-state index in [9.17, 15) is 24.0 Å². The summed E-state index contributed by atoms with van der Waals surface area (Å²) in [6.07, 6.45) is 1.07. The number of ketones is 2. The Kier molecular flexibility index (Phi) is 6.27. The van der Waals surface area contributed by atoms with Gasteiger partial charge in [0, 0.05) is 29.9 Å². The normalized spacial score (nSPS) is 18.5. The third-order valence-corrected chi connectivity index (χ3v) is 5.53. The Hall–Kier alpha value is -3.40. The van der Waals surface area contributed by atoms with Crippen LogP contribution in [0.5, 0.6) is 0 Å². The maximum Gasteiger partial charge on any atom is 0.221 e. The Morgan fingerprint density at radius 3 is 2.41 bits per heavy atom. The van der Waals surface area contributed by atoms with Gasteiger partial charge in [0.25, 0.3) is 0 Å². The summed E-state index contributed by atoms with van der Waals surface area (Å²) in [7, 11) is 0. The third-order valence-electron chi connectivity index (χ3n) is 5.53. The van der Waals surface area contributed by atoms with Gasteiger partial charge in [0.05, 0.1) is 17.5 Å². The molecule has 0 saturated heterocycles. The molecular formula is C25H26FN3O3. The summed E-state index contributed by atoms with van der Waals surface area (Å²) < 4.78 is 13.5. The fourth-order valence-corrected chi connectivity index (χ4v) is 4.35. The number of hydrogen-bond acceptors (Lipinski definition) is 5. The minimum Gasteiger partial charge on any atom is -0.351 e. The van der Waals surface area contributed by atoms with Crippen LogP contribution in [0.15, 0.2) is 24.4 Å². The zero-order valence-electron chi connectivity index (χ0n) is 18.9. The number of pyridine rings is 1. The Morgan fingerprint density at radius 2 is 1.84 bits per heavy atom. The van der Waals surface area contributed by atoms with Crippen molar-refractivity contribution in [1.82, 2.24) is 10.3 Å². The zero-order chi connectivity index (χ0) is 23.8. The van der Waals surface area contributed by atoms with E-state index in [4.69, 9.17) is 0 Å². The molecule has 1 aliphatic rings. The molecule has 1 fully saturated rings. The molecule has 1 saturated carbocycles. The van der Waals surface area contributed by atoms with E-state index in [1.165, 1.54) is 0 Å². The van der Waals surface area contributed by atoms with E-state index in [-0.39, 0.29) is 35.9 Å². The van der Waals surface area contributed by atoms with Crippen molar-refractivity contribution in [3.05, 3.63) is 52.5 Å². The molecular weight excluding hydrogens is 409 g/mol. The number of nitriles is 1. The first-order chi connectivity index (χ1) is 14.9. The Labute approximate surface area is 186 Å². The van der Waals surface area contributed by atoms with Crippen molar-refractivity contribution in [2.75, 3.05) is 0 Å². The molecule has 3 rings (SSSR count). The second kappa shape index (κ2) is 8.62. The maximum absolute atomic E-state index is 13.5. The van der Waals surface area contributed by atoms with Gasteiger partial charge in [-0.25, -0.2) is 4.39 Å². The maximum atomic E-state index is 13.5. The standard InChI is InChI=1S/C25H26FN3O3/c1-13-6-15(23-17(11-27)8-18(26)12-28-23)7-14(2)21(13)22-19(30)9-16(24(22)32)10-20(31)29-25(3,4)5/h6-8,12,16,22H,9-10H2,1-5H3,(H,29,31). The molecule has 0 radical (unpaired) electrons. The first-order valence-electron chi connectivity index (χ1n) is 10.5. The van der Waals surface area contributed by atoms with E-state index < -0.39 is 23.2 Å². The third kappa shape index (κ3) is 4.75. The monoisotopic (exact) mass is 435 g/mol. The molecule has 2 atom stereocenters. The van der Waals surface area contributed by atoms with Gasteiger partial charge >= 0.3 is 0 Å². The number of halogens is 1. The Balaban J connectivity index is 1.92. The van der Waals surface area contributed by atoms with Gasteiger partial charge in [-0.15, -0.1) is 0 Å². The van der Waals surface area contributed by atoms with Gasteiger partial charge < -0.3 is 5.32 Å². The summed E-state index contributed by atoms with van der Waals surface area (Å²) in [5, 5.41) is 12.2. The van der Waals surface area contributed by atoms with E-state index >= 15 is 0 Å². The number of rotatable bonds is 4. The number of amides is 1. The highest BCUT2D eigenvalue weighted by Gasteiger charge is 2.44. The molecule has 2 aromatic rings. The molecule has 166 valence electrons. The second-order valence-electron chi connectivity index (χ2n) is 9.39. The number of aryl methyl sites for hydroxylation is 2. The van der Waals surface area contributed by atoms with Crippen LogP contribution >= 0.6 is 0 Å². The molecule has 6 nitrogen and oxygen atoms in total. The smallest absolute Gasteiger partial charge is 0.221 e. The molecule has 2 unspecified atom stereocenters. The van der Waals surface area contributed by atoms with E-state index in [2.05, 4.69) is 10.3 Å². The Morgan fingerprint density at radius 1 is 1.22 bits per heavy atom. The second-order valence-corrected chi connectivity index (χ2v) is 9.39. The van der Waals surface area contributed by atoms with Crippen molar-refractivity contribution in [2.24, 2.45) is 5.92 Å². The highest BCUT2D eigenvalue weighted by atomic mass is 19.1. The van der Waals surface area contributed by atoms with Crippen molar-refractivity contribution in [3.63, 3.8) is 0 Å². The van der Waals surface area contributed by atoms with E-state index in [0.29, 0.717) is 27.9 Å². The summed E-state index contributed by atoms with van der Waals surface area (Å²) in [5.74, 6) is -2.83. The van der Waals surface area contributed by atoms with Crippen molar-refractivity contribution in [3.8, 4) is 17.3 Å². The number of nitrogens with zero attached hydrogens (tertiary/aromatic N) is 2. The molecule has 1 heterocycles. The first-order valence-corrected chi connectivity index (χ1v) is 10.5. The van der Waals surface area contributed by atoms with Gasteiger partial charge in [0.1, 0.15) is 23.6 Å². The van der Waals surface area contributed by atoms with Gasteiger partial charge in [-0.2, -0.15) is 5.26 Å². The van der Waals surface area contributed by atoms with Crippen LogP contribution in [0.25, 0.3) is 11.3 Å². The van der Waals surface area contributed by atoms with Crippen molar-refractivity contribution < 1.29 is 18.8 Å². The minimum atomic E-state index is -0.909. The van der Waals surface area contributed by atoms with Crippen LogP contribution in [0.4, 0.5) is 4.39 Å². The van der Waals surface area contributed by atoms with Gasteiger partial charge in [-0.3, -0.25) is 19.4 Å². The molecule has 1 N–H and O–H groups in total. The van der Waals surface area contributed by atoms with Gasteiger partial charge in [-0.05, 0) is 69.5 Å². The summed E-state index contributed by atoms with van der Waals surface area (Å²) in [6.45, 7) is 9.16. The lowest BCUT2D eigenvalue weighted by Gasteiger charge is -2.21. The van der Waals surface area contributed by atoms with Crippen LogP contribution in [-0.2, 0) is 14.4 Å². The Bertz CT molecular complexity index is 1130. The average Bonchev–Trinajstić information content (AvgIpc) is 2.93. The molecule has 1 aromatic carbocycles. The molecule has 1 amide bonds. The van der Waals surface area contributed by atoms with Crippen LogP contribution < -0.4 is 5.32 Å². The lowest BCUT2D eigenvalue weighted by atomic mass is 9.85. The fourth-order valence-electron chi connectivity index (χ4n) is 4.35. The first kappa shape index (κ1) is 23.3. The lowest BCUT2D eigenvalue weighted by molar-refractivity contribution is -0.129. The van der Waals surface area contributed by atoms with Crippen LogP contribution in [0.2, 0.25) is 0 Å². The summed E-state index contributed by atoms with van der Waals surface area (Å²) in [6, 6.07) is 6.58. The quantitative estimate of drug-likeness (QED) is 0.734. The highest BCUT2D eigenvalue weighted by molar-refractivity contribution is 6.15. The van der Waals surface area contributed by atoms with E-state index in [1.807, 2.05) is 26.8 Å². The summed E-state index contributed by atoms with van der Waals surface area (Å²) >= 11 is 0. The van der Waals surface area contributed by atoms with Gasteiger partial charge in [0.2, 0.25) is 5.91 Å². The molecule has 0 bridgehead atoms. The van der Waals surface area contributed by atoms with Crippen molar-refractivity contribution >= 4 is 17.5 Å². The van der Waals surface area contributed by atoms with Gasteiger partial charge in [-0.1, -0.05) is 0 Å². The van der Waals surface area contributed by atoms with Crippen LogP contribution in [0.1, 0.15) is 61.8 Å². The fraction of sp³-hybridized carbons (Fsp3) is 0.400. The van der Waals surface area contributed by atoms with Gasteiger partial charge in [0.15, 0.2) is 5.78 Å². The zero-order valence-corrected chi connectivity index (χ0v) is 18.9. The number of nitrogens with one attached hydrogen (secondary N) is 1. The molecule has 0 spiro atoms. The van der Waals surface area contributed by atoms with Crippen LogP contribution in [-0.4, -0.2) is 28.0 Å². The van der Waals surface area contributed by atoms with Crippen LogP contribution in [0, 0.1) is 36.9 Å². The molecule has 32 heavy (non-hydrogen) atoms. The van der Waals surface area contributed by atoms with Crippen molar-refractivity contribution in [1.29, 1.82) is 5.26 Å². The topological polar surface area (TPSA) is 99.9 Å². The predicted octanol–water partition coefficient (Wildman–Crippen LogP) is 3.92. The van der Waals surface area contributed by atoms with Crippen LogP contribution in [0.3, 0.4) is 0 Å². The number of aromatic nitrogens is 1. The average molecular weight is 435 g/mol. The lowest BCUT2D eigenvalue weighted by Crippen LogP contribution is -2.41. The SMILES string of the molecule is Cc1cc(-c2ncc(F)cc2C#N)cc(C)c1C1C(=O)CC(CC(=O)NC(C)(C)C)C1=O. The molecule has 7 heteroatoms. The predicted molar refractivity (Wildman–Crippen MR) is 117 cm³/mol. The molecule has 1 aromatic heterocycles. The summed E-state index contributed by atoms with van der Waals surface area (Å²) in [4.78, 5) is 42.3. The summed E-state index contributed by atoms with van der Waals surface area (Å²) in [5.41, 5.74) is 2.69. The highest BCUT2D eigenvalue weighted by Crippen LogP contribution is 2.38.